The average molecular weight is 283 g/mol. The van der Waals surface area contributed by atoms with Gasteiger partial charge in [-0.2, -0.15) is 0 Å². The molecule has 106 valence electrons. The minimum atomic E-state index is 0.334. The maximum absolute atomic E-state index is 6.36. The summed E-state index contributed by atoms with van der Waals surface area (Å²) in [6, 6.07) is 3.93. The van der Waals surface area contributed by atoms with Gasteiger partial charge in [0, 0.05) is 29.7 Å². The fraction of sp³-hybridized carbons (Fsp3) is 0.667. The molecule has 0 spiro atoms. The van der Waals surface area contributed by atoms with Crippen LogP contribution in [0.5, 0.6) is 5.75 Å². The predicted molar refractivity (Wildman–Crippen MR) is 78.8 cm³/mol. The minimum Gasteiger partial charge on any atom is -0.497 e. The summed E-state index contributed by atoms with van der Waals surface area (Å²) in [4.78, 5) is 4.51. The van der Waals surface area contributed by atoms with Crippen LogP contribution in [0.4, 0.5) is 0 Å². The number of halogens is 1. The molecule has 4 heteroatoms. The van der Waals surface area contributed by atoms with E-state index < -0.39 is 0 Å². The fourth-order valence-electron chi connectivity index (χ4n) is 2.69. The highest BCUT2D eigenvalue weighted by Crippen LogP contribution is 2.28. The molecule has 2 atom stereocenters. The first-order valence-corrected chi connectivity index (χ1v) is 7.49. The van der Waals surface area contributed by atoms with E-state index in [9.17, 15) is 0 Å². The molecule has 0 saturated heterocycles. The first kappa shape index (κ1) is 14.6. The van der Waals surface area contributed by atoms with Crippen LogP contribution >= 0.6 is 11.6 Å². The molecule has 1 aromatic heterocycles. The van der Waals surface area contributed by atoms with Crippen LogP contribution in [0, 0.1) is 12.8 Å². The highest BCUT2D eigenvalue weighted by atomic mass is 35.5. The first-order valence-electron chi connectivity index (χ1n) is 7.05. The van der Waals surface area contributed by atoms with Gasteiger partial charge in [-0.3, -0.25) is 4.98 Å². The van der Waals surface area contributed by atoms with Gasteiger partial charge in [-0.25, -0.2) is 0 Å². The SMILES string of the molecule is COc1cc(C)nc(CNCC2CCCCC2Cl)c1. The number of aromatic nitrogens is 1. The summed E-state index contributed by atoms with van der Waals surface area (Å²) in [6.07, 6.45) is 4.99. The van der Waals surface area contributed by atoms with Crippen LogP contribution in [0.15, 0.2) is 12.1 Å². The van der Waals surface area contributed by atoms with Crippen molar-refractivity contribution in [2.75, 3.05) is 13.7 Å². The lowest BCUT2D eigenvalue weighted by molar-refractivity contribution is 0.347. The van der Waals surface area contributed by atoms with E-state index >= 15 is 0 Å². The fourth-order valence-corrected chi connectivity index (χ4v) is 3.06. The number of ether oxygens (including phenoxy) is 1. The Kier molecular flexibility index (Phi) is 5.46. The molecule has 0 aliphatic heterocycles. The maximum atomic E-state index is 6.36. The molecule has 1 aliphatic rings. The molecule has 3 nitrogen and oxygen atoms in total. The summed E-state index contributed by atoms with van der Waals surface area (Å²) in [5.74, 6) is 1.47. The average Bonchev–Trinajstić information content (AvgIpc) is 2.40. The quantitative estimate of drug-likeness (QED) is 0.842. The van der Waals surface area contributed by atoms with Crippen molar-refractivity contribution in [1.29, 1.82) is 0 Å². The third-order valence-corrected chi connectivity index (χ3v) is 4.32. The summed E-state index contributed by atoms with van der Waals surface area (Å²) < 4.78 is 5.26. The van der Waals surface area contributed by atoms with Crippen LogP contribution in [0.1, 0.15) is 37.1 Å². The van der Waals surface area contributed by atoms with Crippen LogP contribution in [0.3, 0.4) is 0 Å². The third-order valence-electron chi connectivity index (χ3n) is 3.74. The molecule has 1 aliphatic carbocycles. The number of nitrogens with zero attached hydrogens (tertiary/aromatic N) is 1. The molecular weight excluding hydrogens is 260 g/mol. The molecule has 1 heterocycles. The number of nitrogens with one attached hydrogen (secondary N) is 1. The lowest BCUT2D eigenvalue weighted by atomic mass is 9.89. The lowest BCUT2D eigenvalue weighted by Crippen LogP contribution is -2.31. The normalized spacial score (nSPS) is 23.3. The second kappa shape index (κ2) is 7.11. The van der Waals surface area contributed by atoms with Gasteiger partial charge in [-0.1, -0.05) is 12.8 Å². The number of pyridine rings is 1. The lowest BCUT2D eigenvalue weighted by Gasteiger charge is -2.27. The van der Waals surface area contributed by atoms with Crippen LogP contribution in [-0.2, 0) is 6.54 Å². The Hall–Kier alpha value is -0.800. The van der Waals surface area contributed by atoms with E-state index in [1.54, 1.807) is 7.11 Å². The Morgan fingerprint density at radius 3 is 2.89 bits per heavy atom. The van der Waals surface area contributed by atoms with Gasteiger partial charge in [-0.15, -0.1) is 11.6 Å². The number of aryl methyl sites for hydroxylation is 1. The van der Waals surface area contributed by atoms with Gasteiger partial charge in [0.15, 0.2) is 0 Å². The van der Waals surface area contributed by atoms with Crippen molar-refractivity contribution in [2.24, 2.45) is 5.92 Å². The van der Waals surface area contributed by atoms with Crippen LogP contribution < -0.4 is 10.1 Å². The standard InChI is InChI=1S/C15H23ClN2O/c1-11-7-14(19-2)8-13(18-11)10-17-9-12-5-3-4-6-15(12)16/h7-8,12,15,17H,3-6,9-10H2,1-2H3. The number of methoxy groups -OCH3 is 1. The van der Waals surface area contributed by atoms with Gasteiger partial charge >= 0.3 is 0 Å². The molecular formula is C15H23ClN2O. The number of rotatable bonds is 5. The molecule has 0 amide bonds. The molecule has 2 unspecified atom stereocenters. The highest BCUT2D eigenvalue weighted by Gasteiger charge is 2.22. The Morgan fingerprint density at radius 1 is 1.37 bits per heavy atom. The van der Waals surface area contributed by atoms with E-state index in [2.05, 4.69) is 10.3 Å². The van der Waals surface area contributed by atoms with E-state index in [1.807, 2.05) is 19.1 Å². The van der Waals surface area contributed by atoms with E-state index in [0.29, 0.717) is 11.3 Å². The summed E-state index contributed by atoms with van der Waals surface area (Å²) >= 11 is 6.36. The number of hydrogen-bond donors (Lipinski definition) is 1. The largest absolute Gasteiger partial charge is 0.497 e. The smallest absolute Gasteiger partial charge is 0.122 e. The first-order chi connectivity index (χ1) is 9.19. The Labute approximate surface area is 120 Å². The third kappa shape index (κ3) is 4.36. The Balaban J connectivity index is 1.83. The zero-order valence-electron chi connectivity index (χ0n) is 11.8. The second-order valence-electron chi connectivity index (χ2n) is 5.33. The Morgan fingerprint density at radius 2 is 2.16 bits per heavy atom. The summed E-state index contributed by atoms with van der Waals surface area (Å²) in [7, 11) is 1.69. The molecule has 1 saturated carbocycles. The molecule has 0 bridgehead atoms. The summed E-state index contributed by atoms with van der Waals surface area (Å²) in [6.45, 7) is 3.74. The van der Waals surface area contributed by atoms with E-state index in [1.165, 1.54) is 19.3 Å². The highest BCUT2D eigenvalue weighted by molar-refractivity contribution is 6.20. The summed E-state index contributed by atoms with van der Waals surface area (Å²) in [5.41, 5.74) is 2.02. The van der Waals surface area contributed by atoms with Gasteiger partial charge in [0.05, 0.1) is 12.8 Å². The van der Waals surface area contributed by atoms with E-state index in [-0.39, 0.29) is 0 Å². The predicted octanol–water partition coefficient (Wildman–Crippen LogP) is 3.29. The zero-order valence-corrected chi connectivity index (χ0v) is 12.5. The topological polar surface area (TPSA) is 34.1 Å². The molecule has 1 fully saturated rings. The monoisotopic (exact) mass is 282 g/mol. The van der Waals surface area contributed by atoms with Crippen LogP contribution in [0.25, 0.3) is 0 Å². The molecule has 0 radical (unpaired) electrons. The van der Waals surface area contributed by atoms with Crippen molar-refractivity contribution in [3.05, 3.63) is 23.5 Å². The molecule has 2 rings (SSSR count). The molecule has 1 aromatic rings. The molecule has 0 aromatic carbocycles. The van der Waals surface area contributed by atoms with Crippen molar-refractivity contribution < 1.29 is 4.74 Å². The van der Waals surface area contributed by atoms with Gasteiger partial charge < -0.3 is 10.1 Å². The Bertz CT molecular complexity index is 411. The van der Waals surface area contributed by atoms with E-state index in [0.717, 1.165) is 36.6 Å². The van der Waals surface area contributed by atoms with Gasteiger partial charge in [-0.05, 0) is 32.2 Å². The van der Waals surface area contributed by atoms with Crippen molar-refractivity contribution >= 4 is 11.6 Å². The van der Waals surface area contributed by atoms with E-state index in [4.69, 9.17) is 16.3 Å². The number of alkyl halides is 1. The van der Waals surface area contributed by atoms with Crippen molar-refractivity contribution in [3.8, 4) is 5.75 Å². The van der Waals surface area contributed by atoms with Crippen LogP contribution in [-0.4, -0.2) is 24.0 Å². The maximum Gasteiger partial charge on any atom is 0.122 e. The summed E-state index contributed by atoms with van der Waals surface area (Å²) in [5, 5.41) is 3.81. The minimum absolute atomic E-state index is 0.334. The molecule has 1 N–H and O–H groups in total. The van der Waals surface area contributed by atoms with Crippen LogP contribution in [0.2, 0.25) is 0 Å². The van der Waals surface area contributed by atoms with Gasteiger partial charge in [0.1, 0.15) is 5.75 Å². The second-order valence-corrected chi connectivity index (χ2v) is 5.89. The van der Waals surface area contributed by atoms with Gasteiger partial charge in [0.25, 0.3) is 0 Å². The van der Waals surface area contributed by atoms with Gasteiger partial charge in [0.2, 0.25) is 0 Å². The number of hydrogen-bond acceptors (Lipinski definition) is 3. The van der Waals surface area contributed by atoms with Crippen molar-refractivity contribution in [1.82, 2.24) is 10.3 Å². The molecule has 19 heavy (non-hydrogen) atoms. The van der Waals surface area contributed by atoms with Crippen molar-refractivity contribution in [3.63, 3.8) is 0 Å². The zero-order chi connectivity index (χ0) is 13.7. The van der Waals surface area contributed by atoms with Crippen molar-refractivity contribution in [2.45, 2.75) is 44.5 Å².